The minimum Gasteiger partial charge on any atom is -0.353 e. The van der Waals surface area contributed by atoms with Gasteiger partial charge in [-0.25, -0.2) is 4.79 Å². The van der Waals surface area contributed by atoms with Gasteiger partial charge in [0.1, 0.15) is 0 Å². The first-order valence-corrected chi connectivity index (χ1v) is 6.74. The van der Waals surface area contributed by atoms with Crippen molar-refractivity contribution < 1.29 is 4.79 Å². The molecule has 0 saturated heterocycles. The van der Waals surface area contributed by atoms with E-state index in [1.54, 1.807) is 0 Å². The van der Waals surface area contributed by atoms with Gasteiger partial charge >= 0.3 is 5.69 Å². The third kappa shape index (κ3) is 4.08. The van der Waals surface area contributed by atoms with E-state index in [0.717, 1.165) is 12.8 Å². The second-order valence-electron chi connectivity index (χ2n) is 4.96. The Morgan fingerprint density at radius 3 is 2.74 bits per heavy atom. The van der Waals surface area contributed by atoms with Crippen molar-refractivity contribution in [3.05, 3.63) is 33.1 Å². The van der Waals surface area contributed by atoms with Crippen LogP contribution in [0, 0.1) is 0 Å². The predicted molar refractivity (Wildman–Crippen MR) is 71.0 cm³/mol. The number of carbonyl (C=O) groups is 1. The lowest BCUT2D eigenvalue weighted by atomic mass is 9.95. The highest BCUT2D eigenvalue weighted by molar-refractivity contribution is 5.76. The number of aromatic amines is 1. The van der Waals surface area contributed by atoms with Crippen LogP contribution in [-0.2, 0) is 11.3 Å². The van der Waals surface area contributed by atoms with Crippen LogP contribution in [0.2, 0.25) is 0 Å². The fourth-order valence-corrected chi connectivity index (χ4v) is 2.39. The summed E-state index contributed by atoms with van der Waals surface area (Å²) in [5, 5.41) is 2.99. The maximum absolute atomic E-state index is 11.8. The molecule has 0 radical (unpaired) electrons. The van der Waals surface area contributed by atoms with Crippen LogP contribution in [0.4, 0.5) is 0 Å². The number of amides is 1. The number of carbonyl (C=O) groups excluding carboxylic acids is 1. The van der Waals surface area contributed by atoms with Crippen molar-refractivity contribution in [2.45, 2.75) is 51.1 Å². The summed E-state index contributed by atoms with van der Waals surface area (Å²) in [7, 11) is 0. The van der Waals surface area contributed by atoms with Crippen LogP contribution in [0.15, 0.2) is 21.9 Å². The van der Waals surface area contributed by atoms with Gasteiger partial charge in [-0.3, -0.25) is 14.6 Å². The molecule has 1 amide bonds. The van der Waals surface area contributed by atoms with Crippen LogP contribution in [0.1, 0.15) is 38.5 Å². The molecule has 0 spiro atoms. The van der Waals surface area contributed by atoms with Crippen LogP contribution in [-0.4, -0.2) is 21.5 Å². The van der Waals surface area contributed by atoms with Gasteiger partial charge in [0, 0.05) is 31.3 Å². The van der Waals surface area contributed by atoms with E-state index in [-0.39, 0.29) is 24.9 Å². The Morgan fingerprint density at radius 2 is 2.05 bits per heavy atom. The lowest BCUT2D eigenvalue weighted by Crippen LogP contribution is -2.37. The van der Waals surface area contributed by atoms with Gasteiger partial charge in [0.2, 0.25) is 5.91 Å². The average molecular weight is 265 g/mol. The first-order valence-electron chi connectivity index (χ1n) is 6.74. The summed E-state index contributed by atoms with van der Waals surface area (Å²) < 4.78 is 1.34. The third-order valence-corrected chi connectivity index (χ3v) is 3.45. The zero-order valence-electron chi connectivity index (χ0n) is 10.9. The number of hydrogen-bond donors (Lipinski definition) is 2. The van der Waals surface area contributed by atoms with Crippen LogP contribution in [0.25, 0.3) is 0 Å². The van der Waals surface area contributed by atoms with Gasteiger partial charge in [-0.2, -0.15) is 0 Å². The van der Waals surface area contributed by atoms with E-state index in [0.29, 0.717) is 0 Å². The molecule has 6 heteroatoms. The number of rotatable bonds is 4. The lowest BCUT2D eigenvalue weighted by Gasteiger charge is -2.22. The number of aromatic nitrogens is 2. The van der Waals surface area contributed by atoms with Crippen molar-refractivity contribution in [1.82, 2.24) is 14.9 Å². The molecule has 0 unspecified atom stereocenters. The second kappa shape index (κ2) is 6.36. The maximum Gasteiger partial charge on any atom is 0.328 e. The standard InChI is InChI=1S/C13H19N3O3/c17-11(14-10-4-2-1-3-5-10)6-8-16-9-7-12(18)15-13(16)19/h7,9-10H,1-6,8H2,(H,14,17)(H,15,18,19). The summed E-state index contributed by atoms with van der Waals surface area (Å²) in [5.41, 5.74) is -0.897. The smallest absolute Gasteiger partial charge is 0.328 e. The highest BCUT2D eigenvalue weighted by Gasteiger charge is 2.15. The average Bonchev–Trinajstić information content (AvgIpc) is 2.39. The first kappa shape index (κ1) is 13.6. The van der Waals surface area contributed by atoms with E-state index in [2.05, 4.69) is 10.3 Å². The molecule has 6 nitrogen and oxygen atoms in total. The minimum absolute atomic E-state index is 0.0370. The highest BCUT2D eigenvalue weighted by atomic mass is 16.2. The van der Waals surface area contributed by atoms with Crippen LogP contribution >= 0.6 is 0 Å². The van der Waals surface area contributed by atoms with E-state index in [4.69, 9.17) is 0 Å². The van der Waals surface area contributed by atoms with Crippen molar-refractivity contribution in [3.8, 4) is 0 Å². The van der Waals surface area contributed by atoms with E-state index < -0.39 is 11.2 Å². The Kier molecular flexibility index (Phi) is 4.54. The number of nitrogens with one attached hydrogen (secondary N) is 2. The Balaban J connectivity index is 1.82. The predicted octanol–water partition coefficient (Wildman–Crippen LogP) is 0.376. The number of aryl methyl sites for hydroxylation is 1. The summed E-state index contributed by atoms with van der Waals surface area (Å²) in [6.07, 6.45) is 7.35. The number of H-pyrrole nitrogens is 1. The Labute approximate surface area is 110 Å². The molecule has 1 aliphatic carbocycles. The molecule has 0 bridgehead atoms. The molecule has 19 heavy (non-hydrogen) atoms. The Morgan fingerprint density at radius 1 is 1.32 bits per heavy atom. The number of nitrogens with zero attached hydrogens (tertiary/aromatic N) is 1. The zero-order valence-corrected chi connectivity index (χ0v) is 10.9. The van der Waals surface area contributed by atoms with E-state index in [1.165, 1.54) is 36.1 Å². The first-order chi connectivity index (χ1) is 9.15. The van der Waals surface area contributed by atoms with Crippen LogP contribution in [0.3, 0.4) is 0 Å². The van der Waals surface area contributed by atoms with E-state index >= 15 is 0 Å². The van der Waals surface area contributed by atoms with Gasteiger partial charge in [-0.05, 0) is 12.8 Å². The SMILES string of the molecule is O=C(CCn1ccc(=O)[nH]c1=O)NC1CCCCC1. The molecular weight excluding hydrogens is 246 g/mol. The van der Waals surface area contributed by atoms with Crippen molar-refractivity contribution in [1.29, 1.82) is 0 Å². The van der Waals surface area contributed by atoms with Crippen LogP contribution in [0.5, 0.6) is 0 Å². The summed E-state index contributed by atoms with van der Waals surface area (Å²) in [6, 6.07) is 1.56. The highest BCUT2D eigenvalue weighted by Crippen LogP contribution is 2.17. The van der Waals surface area contributed by atoms with Gasteiger partial charge in [-0.1, -0.05) is 19.3 Å². The molecule has 2 rings (SSSR count). The van der Waals surface area contributed by atoms with Crippen molar-refractivity contribution in [2.24, 2.45) is 0 Å². The van der Waals surface area contributed by atoms with Gasteiger partial charge < -0.3 is 9.88 Å². The monoisotopic (exact) mass is 265 g/mol. The molecule has 1 heterocycles. The molecule has 2 N–H and O–H groups in total. The quantitative estimate of drug-likeness (QED) is 0.825. The largest absolute Gasteiger partial charge is 0.353 e. The molecule has 1 aliphatic rings. The molecule has 1 fully saturated rings. The third-order valence-electron chi connectivity index (χ3n) is 3.45. The topological polar surface area (TPSA) is 84.0 Å². The lowest BCUT2D eigenvalue weighted by molar-refractivity contribution is -0.122. The molecular formula is C13H19N3O3. The molecule has 1 aromatic rings. The summed E-state index contributed by atoms with van der Waals surface area (Å²) >= 11 is 0. The minimum atomic E-state index is -0.474. The molecule has 1 saturated carbocycles. The van der Waals surface area contributed by atoms with E-state index in [1.807, 2.05) is 0 Å². The van der Waals surface area contributed by atoms with Crippen molar-refractivity contribution in [3.63, 3.8) is 0 Å². The summed E-state index contributed by atoms with van der Waals surface area (Å²) in [5.74, 6) is -0.0370. The molecule has 0 atom stereocenters. The van der Waals surface area contributed by atoms with E-state index in [9.17, 15) is 14.4 Å². The van der Waals surface area contributed by atoms with Gasteiger partial charge in [0.25, 0.3) is 5.56 Å². The summed E-state index contributed by atoms with van der Waals surface area (Å²) in [4.78, 5) is 36.2. The zero-order chi connectivity index (χ0) is 13.7. The fraction of sp³-hybridized carbons (Fsp3) is 0.615. The Bertz CT molecular complexity index is 541. The molecule has 0 aromatic carbocycles. The van der Waals surface area contributed by atoms with Gasteiger partial charge in [0.05, 0.1) is 0 Å². The molecule has 1 aromatic heterocycles. The van der Waals surface area contributed by atoms with Crippen LogP contribution < -0.4 is 16.6 Å². The number of hydrogen-bond acceptors (Lipinski definition) is 3. The second-order valence-corrected chi connectivity index (χ2v) is 4.96. The normalized spacial score (nSPS) is 16.2. The molecule has 104 valence electrons. The van der Waals surface area contributed by atoms with Crippen molar-refractivity contribution in [2.75, 3.05) is 0 Å². The van der Waals surface area contributed by atoms with Gasteiger partial charge in [0.15, 0.2) is 0 Å². The maximum atomic E-state index is 11.8. The van der Waals surface area contributed by atoms with Crippen molar-refractivity contribution >= 4 is 5.91 Å². The fourth-order valence-electron chi connectivity index (χ4n) is 2.39. The van der Waals surface area contributed by atoms with Gasteiger partial charge in [-0.15, -0.1) is 0 Å². The molecule has 0 aliphatic heterocycles. The summed E-state index contributed by atoms with van der Waals surface area (Å²) in [6.45, 7) is 0.286. The Hall–Kier alpha value is -1.85.